The Morgan fingerprint density at radius 2 is 1.69 bits per heavy atom. The fraction of sp³-hybridized carbons (Fsp3) is 0.370. The summed E-state index contributed by atoms with van der Waals surface area (Å²) < 4.78 is 33.8. The average molecular weight is 573 g/mol. The number of aromatic nitrogens is 1. The van der Waals surface area contributed by atoms with E-state index in [1.165, 1.54) is 29.9 Å². The molecule has 2 saturated heterocycles. The van der Waals surface area contributed by atoms with Gasteiger partial charge in [-0.05, 0) is 47.9 Å². The van der Waals surface area contributed by atoms with Crippen LogP contribution in [0.5, 0.6) is 0 Å². The number of pyridine rings is 1. The minimum absolute atomic E-state index is 0.111. The standard InChI is InChI=1S/C27H29ClN4O6S/c1-38-26(34)27(8-12-29(13-9-27)23-6-10-31(35)11-7-23)19-30-14-15-32(18-25(30)33)39(36,37)24-5-3-20-16-22(28)4-2-21(20)17-24/h2-7,10-11,16-17H,8-9,12-15,18-19H2,1H3. The van der Waals surface area contributed by atoms with Gasteiger partial charge in [-0.1, -0.05) is 23.7 Å². The summed E-state index contributed by atoms with van der Waals surface area (Å²) in [6, 6.07) is 13.5. The third-order valence-electron chi connectivity index (χ3n) is 7.68. The van der Waals surface area contributed by atoms with E-state index in [0.29, 0.717) is 35.7 Å². The van der Waals surface area contributed by atoms with Gasteiger partial charge >= 0.3 is 5.97 Å². The van der Waals surface area contributed by atoms with Crippen molar-refractivity contribution in [1.82, 2.24) is 9.21 Å². The molecule has 0 saturated carbocycles. The van der Waals surface area contributed by atoms with E-state index < -0.39 is 15.4 Å². The first-order valence-electron chi connectivity index (χ1n) is 12.6. The molecule has 1 amide bonds. The van der Waals surface area contributed by atoms with Crippen molar-refractivity contribution in [3.8, 4) is 0 Å². The number of esters is 1. The van der Waals surface area contributed by atoms with Crippen molar-refractivity contribution in [2.45, 2.75) is 17.7 Å². The van der Waals surface area contributed by atoms with Crippen LogP contribution in [-0.2, 0) is 24.3 Å². The van der Waals surface area contributed by atoms with E-state index in [-0.39, 0.29) is 43.0 Å². The number of halogens is 1. The highest BCUT2D eigenvalue weighted by atomic mass is 35.5. The third-order valence-corrected chi connectivity index (χ3v) is 9.75. The average Bonchev–Trinajstić information content (AvgIpc) is 2.94. The molecule has 206 valence electrons. The first-order chi connectivity index (χ1) is 18.6. The van der Waals surface area contributed by atoms with Crippen LogP contribution in [0.4, 0.5) is 5.69 Å². The van der Waals surface area contributed by atoms with E-state index in [0.717, 1.165) is 16.5 Å². The molecule has 10 nitrogen and oxygen atoms in total. The number of ether oxygens (including phenoxy) is 1. The van der Waals surface area contributed by atoms with Gasteiger partial charge in [-0.2, -0.15) is 9.04 Å². The van der Waals surface area contributed by atoms with Gasteiger partial charge in [0.05, 0.1) is 24.0 Å². The molecule has 0 unspecified atom stereocenters. The number of sulfonamides is 1. The number of methoxy groups -OCH3 is 1. The zero-order valence-electron chi connectivity index (χ0n) is 21.5. The number of nitrogens with zero attached hydrogens (tertiary/aromatic N) is 4. The summed E-state index contributed by atoms with van der Waals surface area (Å²) >= 11 is 6.04. The number of piperazine rings is 1. The molecule has 3 heterocycles. The zero-order chi connectivity index (χ0) is 27.8. The van der Waals surface area contributed by atoms with Gasteiger partial charge < -0.3 is 19.7 Å². The largest absolute Gasteiger partial charge is 0.619 e. The minimum Gasteiger partial charge on any atom is -0.619 e. The molecule has 39 heavy (non-hydrogen) atoms. The molecule has 2 aromatic carbocycles. The van der Waals surface area contributed by atoms with Crippen LogP contribution in [-0.4, -0.2) is 75.9 Å². The van der Waals surface area contributed by atoms with Crippen LogP contribution in [0, 0.1) is 10.6 Å². The lowest BCUT2D eigenvalue weighted by atomic mass is 9.77. The topological polar surface area (TPSA) is 114 Å². The second-order valence-corrected chi connectivity index (χ2v) is 12.4. The number of benzene rings is 2. The molecule has 2 fully saturated rings. The molecule has 2 aliphatic heterocycles. The highest BCUT2D eigenvalue weighted by Crippen LogP contribution is 2.36. The molecule has 12 heteroatoms. The van der Waals surface area contributed by atoms with E-state index in [1.54, 1.807) is 47.4 Å². The van der Waals surface area contributed by atoms with Gasteiger partial charge in [-0.25, -0.2) is 8.42 Å². The van der Waals surface area contributed by atoms with E-state index >= 15 is 0 Å². The smallest absolute Gasteiger partial charge is 0.313 e. The molecule has 0 atom stereocenters. The van der Waals surface area contributed by atoms with Gasteiger partial charge in [0.1, 0.15) is 0 Å². The van der Waals surface area contributed by atoms with Gasteiger partial charge in [0.2, 0.25) is 15.9 Å². The second kappa shape index (κ2) is 10.6. The van der Waals surface area contributed by atoms with Gasteiger partial charge in [-0.15, -0.1) is 0 Å². The number of amides is 1. The van der Waals surface area contributed by atoms with Crippen molar-refractivity contribution in [2.75, 3.05) is 51.3 Å². The van der Waals surface area contributed by atoms with Crippen LogP contribution >= 0.6 is 11.6 Å². The van der Waals surface area contributed by atoms with E-state index in [2.05, 4.69) is 4.90 Å². The fourth-order valence-electron chi connectivity index (χ4n) is 5.38. The number of rotatable bonds is 6. The lowest BCUT2D eigenvalue weighted by molar-refractivity contribution is -0.605. The predicted octanol–water partition coefficient (Wildman–Crippen LogP) is 2.42. The monoisotopic (exact) mass is 572 g/mol. The quantitative estimate of drug-likeness (QED) is 0.253. The number of hydrogen-bond donors (Lipinski definition) is 0. The third kappa shape index (κ3) is 5.39. The lowest BCUT2D eigenvalue weighted by Crippen LogP contribution is -2.57. The van der Waals surface area contributed by atoms with Gasteiger partial charge in [0.15, 0.2) is 12.4 Å². The molecule has 5 rings (SSSR count). The van der Waals surface area contributed by atoms with Crippen molar-refractivity contribution in [3.63, 3.8) is 0 Å². The van der Waals surface area contributed by atoms with Crippen LogP contribution in [0.1, 0.15) is 12.8 Å². The fourth-order valence-corrected chi connectivity index (χ4v) is 6.98. The molecule has 0 spiro atoms. The van der Waals surface area contributed by atoms with Gasteiger partial charge in [0.25, 0.3) is 0 Å². The molecule has 0 radical (unpaired) electrons. The minimum atomic E-state index is -3.90. The molecule has 0 aliphatic carbocycles. The molecule has 2 aliphatic rings. The highest BCUT2D eigenvalue weighted by molar-refractivity contribution is 7.89. The van der Waals surface area contributed by atoms with Crippen molar-refractivity contribution >= 4 is 50.0 Å². The van der Waals surface area contributed by atoms with Gasteiger partial charge in [-0.3, -0.25) is 9.59 Å². The Morgan fingerprint density at radius 3 is 2.36 bits per heavy atom. The van der Waals surface area contributed by atoms with Crippen LogP contribution in [0.3, 0.4) is 0 Å². The first kappa shape index (κ1) is 27.2. The predicted molar refractivity (Wildman–Crippen MR) is 146 cm³/mol. The Labute approximate surface area is 231 Å². The van der Waals surface area contributed by atoms with Crippen LogP contribution < -0.4 is 9.63 Å². The maximum atomic E-state index is 13.4. The molecule has 3 aromatic rings. The Balaban J connectivity index is 1.28. The number of fused-ring (bicyclic) bond motifs is 1. The van der Waals surface area contributed by atoms with E-state index in [1.807, 2.05) is 0 Å². The summed E-state index contributed by atoms with van der Waals surface area (Å²) in [5.41, 5.74) is -0.0123. The number of carbonyl (C=O) groups is 2. The van der Waals surface area contributed by atoms with Gasteiger partial charge in [0, 0.05) is 55.6 Å². The lowest BCUT2D eigenvalue weighted by Gasteiger charge is -2.44. The number of piperidine rings is 1. The van der Waals surface area contributed by atoms with Crippen molar-refractivity contribution in [1.29, 1.82) is 0 Å². The summed E-state index contributed by atoms with van der Waals surface area (Å²) in [4.78, 5) is 29.9. The number of carbonyl (C=O) groups excluding carboxylic acids is 2. The summed E-state index contributed by atoms with van der Waals surface area (Å²) in [7, 11) is -2.56. The van der Waals surface area contributed by atoms with E-state index in [9.17, 15) is 23.2 Å². The SMILES string of the molecule is COC(=O)C1(CN2CCN(S(=O)(=O)c3ccc4cc(Cl)ccc4c3)CC2=O)CCN(c2cc[n+]([O-])cc2)CC1. The molecule has 0 bridgehead atoms. The van der Waals surface area contributed by atoms with Crippen LogP contribution in [0.15, 0.2) is 65.8 Å². The van der Waals surface area contributed by atoms with Crippen molar-refractivity contribution in [3.05, 3.63) is 71.2 Å². The maximum Gasteiger partial charge on any atom is 0.313 e. The summed E-state index contributed by atoms with van der Waals surface area (Å²) in [6.07, 6.45) is 3.77. The van der Waals surface area contributed by atoms with Crippen molar-refractivity contribution < 1.29 is 27.5 Å². The molecule has 1 aromatic heterocycles. The Morgan fingerprint density at radius 1 is 1.03 bits per heavy atom. The molecule has 0 N–H and O–H groups in total. The number of anilines is 1. The van der Waals surface area contributed by atoms with Crippen LogP contribution in [0.25, 0.3) is 10.8 Å². The highest BCUT2D eigenvalue weighted by Gasteiger charge is 2.46. The summed E-state index contributed by atoms with van der Waals surface area (Å²) in [6.45, 7) is 1.25. The molecular formula is C27H29ClN4O6S. The van der Waals surface area contributed by atoms with Crippen LogP contribution in [0.2, 0.25) is 5.02 Å². The number of hydrogen-bond acceptors (Lipinski definition) is 7. The zero-order valence-corrected chi connectivity index (χ0v) is 23.0. The Kier molecular flexibility index (Phi) is 7.41. The second-order valence-electron chi connectivity index (χ2n) is 9.98. The van der Waals surface area contributed by atoms with Crippen molar-refractivity contribution in [2.24, 2.45) is 5.41 Å². The Hall–Kier alpha value is -3.41. The maximum absolute atomic E-state index is 13.4. The summed E-state index contributed by atoms with van der Waals surface area (Å²) in [5.74, 6) is -0.738. The summed E-state index contributed by atoms with van der Waals surface area (Å²) in [5, 5.41) is 13.5. The first-order valence-corrected chi connectivity index (χ1v) is 14.4. The Bertz CT molecular complexity index is 1510. The van der Waals surface area contributed by atoms with E-state index in [4.69, 9.17) is 16.3 Å². The molecular weight excluding hydrogens is 544 g/mol. The normalized spacial score (nSPS) is 18.4.